The Morgan fingerprint density at radius 1 is 1.28 bits per heavy atom. The second kappa shape index (κ2) is 6.28. The number of rotatable bonds is 6. The number of methoxy groups -OCH3 is 1. The van der Waals surface area contributed by atoms with Gasteiger partial charge in [0.2, 0.25) is 5.91 Å². The predicted octanol–water partition coefficient (Wildman–Crippen LogP) is 1.99. The van der Waals surface area contributed by atoms with Gasteiger partial charge < -0.3 is 14.8 Å². The summed E-state index contributed by atoms with van der Waals surface area (Å²) in [5.74, 6) is 2.00. The van der Waals surface area contributed by atoms with Gasteiger partial charge in [0, 0.05) is 5.92 Å². The number of nitrogens with one attached hydrogen (secondary N) is 1. The lowest BCUT2D eigenvalue weighted by molar-refractivity contribution is -0.127. The van der Waals surface area contributed by atoms with Crippen molar-refractivity contribution in [3.8, 4) is 11.5 Å². The average Bonchev–Trinajstić information content (AvgIpc) is 2.33. The summed E-state index contributed by atoms with van der Waals surface area (Å²) in [7, 11) is 1.63. The molecule has 0 unspecified atom stereocenters. The molecule has 4 heteroatoms. The summed E-state index contributed by atoms with van der Waals surface area (Å²) >= 11 is 0. The summed E-state index contributed by atoms with van der Waals surface area (Å²) in [4.78, 5) is 11.5. The molecule has 1 amide bonds. The van der Waals surface area contributed by atoms with Gasteiger partial charge in [0.1, 0.15) is 18.1 Å². The zero-order valence-corrected chi connectivity index (χ0v) is 10.6. The topological polar surface area (TPSA) is 47.6 Å². The van der Waals surface area contributed by atoms with Crippen molar-refractivity contribution in [2.75, 3.05) is 20.3 Å². The SMILES string of the molecule is COc1ccc(OCCNC(=O)C2CCC2)cc1. The van der Waals surface area contributed by atoms with E-state index in [0.29, 0.717) is 13.2 Å². The van der Waals surface area contributed by atoms with E-state index in [0.717, 1.165) is 24.3 Å². The summed E-state index contributed by atoms with van der Waals surface area (Å²) in [6, 6.07) is 7.41. The first-order valence-electron chi connectivity index (χ1n) is 6.34. The van der Waals surface area contributed by atoms with Gasteiger partial charge in [-0.05, 0) is 37.1 Å². The van der Waals surface area contributed by atoms with Crippen LogP contribution < -0.4 is 14.8 Å². The van der Waals surface area contributed by atoms with Gasteiger partial charge in [0.05, 0.1) is 13.7 Å². The Kier molecular flexibility index (Phi) is 4.45. The Bertz CT molecular complexity index is 385. The molecule has 0 bridgehead atoms. The van der Waals surface area contributed by atoms with Gasteiger partial charge in [0.25, 0.3) is 0 Å². The van der Waals surface area contributed by atoms with Crippen LogP contribution in [-0.4, -0.2) is 26.2 Å². The normalized spacial score (nSPS) is 14.7. The molecule has 1 fully saturated rings. The van der Waals surface area contributed by atoms with Crippen molar-refractivity contribution in [2.24, 2.45) is 5.92 Å². The molecule has 0 radical (unpaired) electrons. The van der Waals surface area contributed by atoms with Crippen LogP contribution >= 0.6 is 0 Å². The van der Waals surface area contributed by atoms with Crippen molar-refractivity contribution in [1.82, 2.24) is 5.32 Å². The second-order valence-electron chi connectivity index (χ2n) is 4.44. The zero-order valence-electron chi connectivity index (χ0n) is 10.6. The fourth-order valence-electron chi connectivity index (χ4n) is 1.83. The van der Waals surface area contributed by atoms with E-state index in [2.05, 4.69) is 5.32 Å². The van der Waals surface area contributed by atoms with E-state index in [4.69, 9.17) is 9.47 Å². The maximum absolute atomic E-state index is 11.5. The molecule has 1 aliphatic rings. The van der Waals surface area contributed by atoms with Crippen LogP contribution in [0.5, 0.6) is 11.5 Å². The van der Waals surface area contributed by atoms with Crippen molar-refractivity contribution in [3.05, 3.63) is 24.3 Å². The monoisotopic (exact) mass is 249 g/mol. The van der Waals surface area contributed by atoms with Crippen molar-refractivity contribution < 1.29 is 14.3 Å². The quantitative estimate of drug-likeness (QED) is 0.784. The van der Waals surface area contributed by atoms with Gasteiger partial charge in [-0.1, -0.05) is 6.42 Å². The molecule has 0 spiro atoms. The predicted molar refractivity (Wildman–Crippen MR) is 68.8 cm³/mol. The van der Waals surface area contributed by atoms with Gasteiger partial charge in [-0.25, -0.2) is 0 Å². The Hall–Kier alpha value is -1.71. The fraction of sp³-hybridized carbons (Fsp3) is 0.500. The summed E-state index contributed by atoms with van der Waals surface area (Å²) in [6.07, 6.45) is 3.25. The molecule has 1 aromatic carbocycles. The van der Waals surface area contributed by atoms with Crippen LogP contribution in [0.15, 0.2) is 24.3 Å². The first-order valence-corrected chi connectivity index (χ1v) is 6.34. The van der Waals surface area contributed by atoms with Crippen LogP contribution in [0.25, 0.3) is 0 Å². The van der Waals surface area contributed by atoms with E-state index in [1.54, 1.807) is 7.11 Å². The minimum absolute atomic E-state index is 0.166. The Morgan fingerprint density at radius 3 is 2.50 bits per heavy atom. The first kappa shape index (κ1) is 12.7. The summed E-state index contributed by atoms with van der Waals surface area (Å²) in [5.41, 5.74) is 0. The number of carbonyl (C=O) groups is 1. The van der Waals surface area contributed by atoms with Crippen LogP contribution in [0.1, 0.15) is 19.3 Å². The highest BCUT2D eigenvalue weighted by atomic mass is 16.5. The molecule has 2 rings (SSSR count). The molecule has 0 saturated heterocycles. The third-order valence-corrected chi connectivity index (χ3v) is 3.21. The molecule has 4 nitrogen and oxygen atoms in total. The average molecular weight is 249 g/mol. The van der Waals surface area contributed by atoms with E-state index in [-0.39, 0.29) is 11.8 Å². The first-order chi connectivity index (χ1) is 8.79. The largest absolute Gasteiger partial charge is 0.497 e. The Morgan fingerprint density at radius 2 is 1.94 bits per heavy atom. The summed E-state index contributed by atoms with van der Waals surface area (Å²) in [5, 5.41) is 2.89. The Balaban J connectivity index is 1.63. The van der Waals surface area contributed by atoms with Gasteiger partial charge in [0.15, 0.2) is 0 Å². The molecule has 1 aliphatic carbocycles. The second-order valence-corrected chi connectivity index (χ2v) is 4.44. The van der Waals surface area contributed by atoms with Gasteiger partial charge in [-0.3, -0.25) is 4.79 Å². The van der Waals surface area contributed by atoms with Gasteiger partial charge in [-0.2, -0.15) is 0 Å². The molecule has 0 aromatic heterocycles. The number of hydrogen-bond donors (Lipinski definition) is 1. The minimum atomic E-state index is 0.166. The third kappa shape index (κ3) is 3.39. The summed E-state index contributed by atoms with van der Waals surface area (Å²) < 4.78 is 10.6. The third-order valence-electron chi connectivity index (χ3n) is 3.21. The lowest BCUT2D eigenvalue weighted by atomic mass is 9.85. The molecule has 98 valence electrons. The van der Waals surface area contributed by atoms with Gasteiger partial charge >= 0.3 is 0 Å². The van der Waals surface area contributed by atoms with Gasteiger partial charge in [-0.15, -0.1) is 0 Å². The zero-order chi connectivity index (χ0) is 12.8. The highest BCUT2D eigenvalue weighted by Gasteiger charge is 2.24. The molecular weight excluding hydrogens is 230 g/mol. The van der Waals surface area contributed by atoms with E-state index in [9.17, 15) is 4.79 Å². The molecule has 1 N–H and O–H groups in total. The van der Waals surface area contributed by atoms with E-state index in [1.807, 2.05) is 24.3 Å². The van der Waals surface area contributed by atoms with E-state index < -0.39 is 0 Å². The van der Waals surface area contributed by atoms with Crippen LogP contribution in [0, 0.1) is 5.92 Å². The van der Waals surface area contributed by atoms with Crippen molar-refractivity contribution in [2.45, 2.75) is 19.3 Å². The lowest BCUT2D eigenvalue weighted by Gasteiger charge is -2.23. The van der Waals surface area contributed by atoms with Crippen molar-refractivity contribution in [3.63, 3.8) is 0 Å². The smallest absolute Gasteiger partial charge is 0.223 e. The Labute approximate surface area is 107 Å². The van der Waals surface area contributed by atoms with Crippen LogP contribution in [-0.2, 0) is 4.79 Å². The van der Waals surface area contributed by atoms with E-state index in [1.165, 1.54) is 6.42 Å². The van der Waals surface area contributed by atoms with Crippen molar-refractivity contribution in [1.29, 1.82) is 0 Å². The number of carbonyl (C=O) groups excluding carboxylic acids is 1. The van der Waals surface area contributed by atoms with Crippen LogP contribution in [0.3, 0.4) is 0 Å². The van der Waals surface area contributed by atoms with E-state index >= 15 is 0 Å². The standard InChI is InChI=1S/C14H19NO3/c1-17-12-5-7-13(8-6-12)18-10-9-15-14(16)11-3-2-4-11/h5-8,11H,2-4,9-10H2,1H3,(H,15,16). The maximum atomic E-state index is 11.5. The number of amides is 1. The van der Waals surface area contributed by atoms with Crippen LogP contribution in [0.2, 0.25) is 0 Å². The minimum Gasteiger partial charge on any atom is -0.497 e. The number of hydrogen-bond acceptors (Lipinski definition) is 3. The van der Waals surface area contributed by atoms with Crippen LogP contribution in [0.4, 0.5) is 0 Å². The maximum Gasteiger partial charge on any atom is 0.223 e. The van der Waals surface area contributed by atoms with Crippen molar-refractivity contribution >= 4 is 5.91 Å². The molecule has 0 heterocycles. The summed E-state index contributed by atoms with van der Waals surface area (Å²) in [6.45, 7) is 1.05. The number of benzene rings is 1. The lowest BCUT2D eigenvalue weighted by Crippen LogP contribution is -2.36. The number of ether oxygens (including phenoxy) is 2. The highest BCUT2D eigenvalue weighted by molar-refractivity contribution is 5.79. The molecular formula is C14H19NO3. The molecule has 0 aliphatic heterocycles. The highest BCUT2D eigenvalue weighted by Crippen LogP contribution is 2.26. The molecule has 0 atom stereocenters. The molecule has 18 heavy (non-hydrogen) atoms. The fourth-order valence-corrected chi connectivity index (χ4v) is 1.83. The molecule has 1 saturated carbocycles. The molecule has 1 aromatic rings.